The molecule has 2 amide bonds. The van der Waals surface area contributed by atoms with Gasteiger partial charge in [0.1, 0.15) is 0 Å². The van der Waals surface area contributed by atoms with E-state index < -0.39 is 0 Å². The topological polar surface area (TPSA) is 58.6 Å². The first-order valence-electron chi connectivity index (χ1n) is 7.32. The molecule has 1 N–H and O–H groups in total. The number of hydrogen-bond donors (Lipinski definition) is 1. The van der Waals surface area contributed by atoms with Crippen LogP contribution in [0.4, 0.5) is 0 Å². The van der Waals surface area contributed by atoms with Gasteiger partial charge in [-0.3, -0.25) is 9.59 Å². The minimum absolute atomic E-state index is 0.0288. The van der Waals surface area contributed by atoms with E-state index in [-0.39, 0.29) is 11.8 Å². The molecule has 5 nitrogen and oxygen atoms in total. The van der Waals surface area contributed by atoms with Crippen LogP contribution >= 0.6 is 11.3 Å². The van der Waals surface area contributed by atoms with Gasteiger partial charge in [-0.1, -0.05) is 6.92 Å². The van der Waals surface area contributed by atoms with Crippen molar-refractivity contribution in [3.05, 3.63) is 21.4 Å². The van der Waals surface area contributed by atoms with Gasteiger partial charge in [-0.25, -0.2) is 0 Å². The number of carbonyl (C=O) groups is 2. The second kappa shape index (κ2) is 7.56. The minimum atomic E-state index is -0.0288. The van der Waals surface area contributed by atoms with Crippen LogP contribution in [0.25, 0.3) is 0 Å². The van der Waals surface area contributed by atoms with Crippen molar-refractivity contribution >= 4 is 23.2 Å². The molecular formula is C15H22N2O3S. The van der Waals surface area contributed by atoms with Gasteiger partial charge in [-0.15, -0.1) is 11.3 Å². The van der Waals surface area contributed by atoms with E-state index in [2.05, 4.69) is 5.32 Å². The van der Waals surface area contributed by atoms with Gasteiger partial charge >= 0.3 is 0 Å². The molecule has 0 saturated heterocycles. The lowest BCUT2D eigenvalue weighted by Gasteiger charge is -2.26. The molecule has 1 aliphatic heterocycles. The zero-order valence-electron chi connectivity index (χ0n) is 12.6. The third kappa shape index (κ3) is 4.04. The summed E-state index contributed by atoms with van der Waals surface area (Å²) in [5, 5.41) is 2.90. The summed E-state index contributed by atoms with van der Waals surface area (Å²) in [5.74, 6) is 0.149. The van der Waals surface area contributed by atoms with Crippen LogP contribution in [0.15, 0.2) is 6.07 Å². The maximum atomic E-state index is 12.1. The normalized spacial score (nSPS) is 13.9. The Bertz CT molecular complexity index is 513. The first-order valence-corrected chi connectivity index (χ1v) is 8.13. The molecule has 1 aromatic heterocycles. The van der Waals surface area contributed by atoms with Gasteiger partial charge in [0, 0.05) is 44.6 Å². The van der Waals surface area contributed by atoms with Gasteiger partial charge in [0.25, 0.3) is 5.91 Å². The lowest BCUT2D eigenvalue weighted by Crippen LogP contribution is -2.34. The van der Waals surface area contributed by atoms with E-state index >= 15 is 0 Å². The van der Waals surface area contributed by atoms with Crippen LogP contribution in [0.3, 0.4) is 0 Å². The van der Waals surface area contributed by atoms with Crippen molar-refractivity contribution in [1.29, 1.82) is 0 Å². The fourth-order valence-electron chi connectivity index (χ4n) is 2.39. The van der Waals surface area contributed by atoms with Gasteiger partial charge in [0.15, 0.2) is 0 Å². The van der Waals surface area contributed by atoms with Crippen molar-refractivity contribution in [2.24, 2.45) is 0 Å². The molecule has 0 unspecified atom stereocenters. The molecule has 116 valence electrons. The minimum Gasteiger partial charge on any atom is -0.385 e. The Morgan fingerprint density at radius 2 is 2.29 bits per heavy atom. The van der Waals surface area contributed by atoms with Crippen molar-refractivity contribution in [2.45, 2.75) is 32.7 Å². The number of nitrogens with one attached hydrogen (secondary N) is 1. The lowest BCUT2D eigenvalue weighted by molar-refractivity contribution is -0.131. The first kappa shape index (κ1) is 16.0. The molecule has 0 aromatic carbocycles. The highest BCUT2D eigenvalue weighted by Gasteiger charge is 2.23. The summed E-state index contributed by atoms with van der Waals surface area (Å²) < 4.78 is 4.95. The highest BCUT2D eigenvalue weighted by atomic mass is 32.1. The van der Waals surface area contributed by atoms with Crippen molar-refractivity contribution in [2.75, 3.05) is 26.8 Å². The molecule has 21 heavy (non-hydrogen) atoms. The number of hydrogen-bond acceptors (Lipinski definition) is 4. The molecular weight excluding hydrogens is 288 g/mol. The number of thiophene rings is 1. The molecule has 6 heteroatoms. The summed E-state index contributed by atoms with van der Waals surface area (Å²) >= 11 is 1.55. The van der Waals surface area contributed by atoms with Crippen molar-refractivity contribution in [3.63, 3.8) is 0 Å². The predicted octanol–water partition coefficient (Wildman–Crippen LogP) is 1.81. The Balaban J connectivity index is 1.94. The van der Waals surface area contributed by atoms with E-state index in [1.54, 1.807) is 18.4 Å². The molecule has 0 spiro atoms. The number of rotatable bonds is 6. The molecule has 0 bridgehead atoms. The van der Waals surface area contributed by atoms with E-state index in [0.29, 0.717) is 26.1 Å². The monoisotopic (exact) mass is 310 g/mol. The molecule has 2 rings (SSSR count). The number of methoxy groups -OCH3 is 1. The summed E-state index contributed by atoms with van der Waals surface area (Å²) in [6.45, 7) is 4.54. The summed E-state index contributed by atoms with van der Waals surface area (Å²) in [6, 6.07) is 1.93. The summed E-state index contributed by atoms with van der Waals surface area (Å²) in [6.07, 6.45) is 2.20. The zero-order valence-corrected chi connectivity index (χ0v) is 13.4. The fraction of sp³-hybridized carbons (Fsp3) is 0.600. The highest BCUT2D eigenvalue weighted by Crippen LogP contribution is 2.28. The quantitative estimate of drug-likeness (QED) is 0.815. The summed E-state index contributed by atoms with van der Waals surface area (Å²) in [7, 11) is 1.65. The van der Waals surface area contributed by atoms with Crippen LogP contribution in [-0.4, -0.2) is 43.5 Å². The number of ether oxygens (including phenoxy) is 1. The average molecular weight is 310 g/mol. The number of fused-ring (bicyclic) bond motifs is 1. The van der Waals surface area contributed by atoms with Crippen molar-refractivity contribution in [1.82, 2.24) is 10.2 Å². The van der Waals surface area contributed by atoms with Gasteiger partial charge in [0.05, 0.1) is 4.88 Å². The van der Waals surface area contributed by atoms with Crippen LogP contribution < -0.4 is 5.32 Å². The molecule has 1 aliphatic rings. The molecule has 2 heterocycles. The largest absolute Gasteiger partial charge is 0.385 e. The first-order chi connectivity index (χ1) is 10.2. The van der Waals surface area contributed by atoms with Gasteiger partial charge in [-0.2, -0.15) is 0 Å². The van der Waals surface area contributed by atoms with E-state index in [0.717, 1.165) is 29.8 Å². The van der Waals surface area contributed by atoms with Crippen molar-refractivity contribution < 1.29 is 14.3 Å². The van der Waals surface area contributed by atoms with Crippen LogP contribution in [0.5, 0.6) is 0 Å². The molecule has 0 fully saturated rings. The lowest BCUT2D eigenvalue weighted by atomic mass is 10.1. The Kier molecular flexibility index (Phi) is 5.76. The van der Waals surface area contributed by atoms with Gasteiger partial charge in [-0.05, 0) is 24.5 Å². The SMILES string of the molecule is CCC(=O)N1CCc2sc(C(=O)NCCCOC)cc2C1. The van der Waals surface area contributed by atoms with E-state index in [4.69, 9.17) is 4.74 Å². The molecule has 1 aromatic rings. The Morgan fingerprint density at radius 3 is 3.00 bits per heavy atom. The van der Waals surface area contributed by atoms with E-state index in [1.807, 2.05) is 17.9 Å². The average Bonchev–Trinajstić information content (AvgIpc) is 2.93. The Labute approximate surface area is 129 Å². The number of nitrogens with zero attached hydrogens (tertiary/aromatic N) is 1. The smallest absolute Gasteiger partial charge is 0.261 e. The van der Waals surface area contributed by atoms with Crippen LogP contribution in [0.1, 0.15) is 39.9 Å². The molecule has 0 saturated carbocycles. The van der Waals surface area contributed by atoms with Crippen LogP contribution in [-0.2, 0) is 22.5 Å². The molecule has 0 radical (unpaired) electrons. The third-order valence-electron chi connectivity index (χ3n) is 3.56. The Hall–Kier alpha value is -1.40. The van der Waals surface area contributed by atoms with Crippen LogP contribution in [0.2, 0.25) is 0 Å². The van der Waals surface area contributed by atoms with E-state index in [9.17, 15) is 9.59 Å². The van der Waals surface area contributed by atoms with Gasteiger partial charge in [0.2, 0.25) is 5.91 Å². The number of carbonyl (C=O) groups excluding carboxylic acids is 2. The van der Waals surface area contributed by atoms with E-state index in [1.165, 1.54) is 4.88 Å². The maximum absolute atomic E-state index is 12.1. The van der Waals surface area contributed by atoms with Crippen LogP contribution in [0, 0.1) is 0 Å². The zero-order chi connectivity index (χ0) is 15.2. The molecule has 0 aliphatic carbocycles. The maximum Gasteiger partial charge on any atom is 0.261 e. The fourth-order valence-corrected chi connectivity index (χ4v) is 3.47. The third-order valence-corrected chi connectivity index (χ3v) is 4.79. The second-order valence-electron chi connectivity index (χ2n) is 5.08. The summed E-state index contributed by atoms with van der Waals surface area (Å²) in [4.78, 5) is 27.7. The van der Waals surface area contributed by atoms with Gasteiger partial charge < -0.3 is 15.0 Å². The molecule has 0 atom stereocenters. The standard InChI is InChI=1S/C15H22N2O3S/c1-3-14(18)17-7-5-12-11(10-17)9-13(21-12)15(19)16-6-4-8-20-2/h9H,3-8,10H2,1-2H3,(H,16,19). The predicted molar refractivity (Wildman–Crippen MR) is 82.6 cm³/mol. The highest BCUT2D eigenvalue weighted by molar-refractivity contribution is 7.14. The summed E-state index contributed by atoms with van der Waals surface area (Å²) in [5.41, 5.74) is 1.12. The van der Waals surface area contributed by atoms with Crippen molar-refractivity contribution in [3.8, 4) is 0 Å². The second-order valence-corrected chi connectivity index (χ2v) is 6.22. The Morgan fingerprint density at radius 1 is 1.48 bits per heavy atom. The number of amides is 2.